The van der Waals surface area contributed by atoms with Gasteiger partial charge in [-0.05, 0) is 49.2 Å². The average Bonchev–Trinajstić information content (AvgIpc) is 3.45. The van der Waals surface area contributed by atoms with Crippen LogP contribution in [0.1, 0.15) is 31.2 Å². The summed E-state index contributed by atoms with van der Waals surface area (Å²) >= 11 is 6.00. The molecule has 1 N–H and O–H groups in total. The standard InChI is InChI=1S/C23H25ClN6O2/c1-16-6-8-17(9-7-16)23-26-28-30(27-23)15-22(32)29(20-12-10-18(24)11-13-20)14-21(31)25-19-4-2-3-5-19/h6-13,19H,2-5,14-15H2,1H3,(H,25,31). The van der Waals surface area contributed by atoms with Gasteiger partial charge in [-0.2, -0.15) is 4.80 Å². The summed E-state index contributed by atoms with van der Waals surface area (Å²) in [7, 11) is 0. The third kappa shape index (κ3) is 5.50. The van der Waals surface area contributed by atoms with Crippen molar-refractivity contribution in [2.75, 3.05) is 11.4 Å². The number of nitrogens with zero attached hydrogens (tertiary/aromatic N) is 5. The van der Waals surface area contributed by atoms with Gasteiger partial charge in [0, 0.05) is 22.3 Å². The lowest BCUT2D eigenvalue weighted by atomic mass is 10.1. The first-order valence-electron chi connectivity index (χ1n) is 10.7. The lowest BCUT2D eigenvalue weighted by molar-refractivity contribution is -0.124. The average molecular weight is 453 g/mol. The summed E-state index contributed by atoms with van der Waals surface area (Å²) in [4.78, 5) is 28.5. The smallest absolute Gasteiger partial charge is 0.251 e. The van der Waals surface area contributed by atoms with Gasteiger partial charge in [-0.3, -0.25) is 9.59 Å². The van der Waals surface area contributed by atoms with Crippen LogP contribution in [-0.4, -0.2) is 44.6 Å². The Bertz CT molecular complexity index is 1070. The molecule has 3 aromatic rings. The van der Waals surface area contributed by atoms with Gasteiger partial charge >= 0.3 is 0 Å². The second-order valence-electron chi connectivity index (χ2n) is 8.01. The minimum atomic E-state index is -0.318. The maximum atomic E-state index is 13.1. The van der Waals surface area contributed by atoms with Crippen molar-refractivity contribution in [2.24, 2.45) is 0 Å². The van der Waals surface area contributed by atoms with Crippen LogP contribution in [0.3, 0.4) is 0 Å². The Labute approximate surface area is 191 Å². The Morgan fingerprint density at radius 2 is 1.78 bits per heavy atom. The number of halogens is 1. The lowest BCUT2D eigenvalue weighted by Gasteiger charge is -2.23. The first kappa shape index (κ1) is 22.0. The second kappa shape index (κ2) is 9.91. The number of amides is 2. The number of hydrogen-bond donors (Lipinski definition) is 1. The molecule has 0 radical (unpaired) electrons. The fraction of sp³-hybridized carbons (Fsp3) is 0.348. The Hall–Kier alpha value is -3.26. The van der Waals surface area contributed by atoms with E-state index in [1.54, 1.807) is 24.3 Å². The fourth-order valence-electron chi connectivity index (χ4n) is 3.77. The van der Waals surface area contributed by atoms with Crippen LogP contribution in [0.4, 0.5) is 5.69 Å². The highest BCUT2D eigenvalue weighted by atomic mass is 35.5. The van der Waals surface area contributed by atoms with Gasteiger partial charge in [-0.15, -0.1) is 10.2 Å². The topological polar surface area (TPSA) is 93.0 Å². The molecule has 8 nitrogen and oxygen atoms in total. The molecule has 0 aliphatic heterocycles. The van der Waals surface area contributed by atoms with E-state index >= 15 is 0 Å². The van der Waals surface area contributed by atoms with Gasteiger partial charge in [-0.1, -0.05) is 54.3 Å². The van der Waals surface area contributed by atoms with Crippen LogP contribution in [0, 0.1) is 6.92 Å². The molecular formula is C23H25ClN6O2. The summed E-state index contributed by atoms with van der Waals surface area (Å²) in [6.07, 6.45) is 4.19. The Balaban J connectivity index is 1.48. The third-order valence-electron chi connectivity index (χ3n) is 5.50. The van der Waals surface area contributed by atoms with E-state index < -0.39 is 0 Å². The fourth-order valence-corrected chi connectivity index (χ4v) is 3.89. The molecule has 1 aliphatic rings. The maximum Gasteiger partial charge on any atom is 0.251 e. The number of anilines is 1. The molecule has 0 spiro atoms. The number of nitrogens with one attached hydrogen (secondary N) is 1. The number of benzene rings is 2. The summed E-state index contributed by atoms with van der Waals surface area (Å²) in [5.74, 6) is -0.0661. The van der Waals surface area contributed by atoms with Gasteiger partial charge < -0.3 is 10.2 Å². The molecule has 0 unspecified atom stereocenters. The van der Waals surface area contributed by atoms with Crippen molar-refractivity contribution in [3.8, 4) is 11.4 Å². The van der Waals surface area contributed by atoms with Gasteiger partial charge in [0.25, 0.3) is 5.91 Å². The van der Waals surface area contributed by atoms with Crippen LogP contribution < -0.4 is 10.2 Å². The quantitative estimate of drug-likeness (QED) is 0.593. The molecule has 2 amide bonds. The number of rotatable bonds is 7. The van der Waals surface area contributed by atoms with E-state index in [1.807, 2.05) is 31.2 Å². The molecule has 32 heavy (non-hydrogen) atoms. The van der Waals surface area contributed by atoms with Gasteiger partial charge in [0.15, 0.2) is 0 Å². The molecule has 0 atom stereocenters. The minimum absolute atomic E-state index is 0.0868. The second-order valence-corrected chi connectivity index (χ2v) is 8.45. The number of tetrazole rings is 1. The van der Waals surface area contributed by atoms with E-state index in [2.05, 4.69) is 20.7 Å². The Morgan fingerprint density at radius 3 is 2.47 bits per heavy atom. The zero-order valence-corrected chi connectivity index (χ0v) is 18.6. The van der Waals surface area contributed by atoms with Crippen LogP contribution in [0.15, 0.2) is 48.5 Å². The van der Waals surface area contributed by atoms with Crippen molar-refractivity contribution in [1.29, 1.82) is 0 Å². The maximum absolute atomic E-state index is 13.1. The Kier molecular flexibility index (Phi) is 6.80. The number of aryl methyl sites for hydroxylation is 1. The molecule has 1 heterocycles. The van der Waals surface area contributed by atoms with Crippen molar-refractivity contribution < 1.29 is 9.59 Å². The SMILES string of the molecule is Cc1ccc(-c2nnn(CC(=O)N(CC(=O)NC3CCCC3)c3ccc(Cl)cc3)n2)cc1. The molecule has 4 rings (SSSR count). The zero-order valence-electron chi connectivity index (χ0n) is 17.9. The molecule has 1 aromatic heterocycles. The predicted octanol–water partition coefficient (Wildman–Crippen LogP) is 3.39. The molecule has 1 aliphatic carbocycles. The molecule has 1 fully saturated rings. The van der Waals surface area contributed by atoms with Crippen LogP contribution in [0.2, 0.25) is 5.02 Å². The summed E-state index contributed by atoms with van der Waals surface area (Å²) in [6, 6.07) is 14.7. The number of carbonyl (C=O) groups excluding carboxylic acids is 2. The van der Waals surface area contributed by atoms with Crippen LogP contribution in [-0.2, 0) is 16.1 Å². The highest BCUT2D eigenvalue weighted by Gasteiger charge is 2.23. The van der Waals surface area contributed by atoms with E-state index in [0.29, 0.717) is 16.5 Å². The van der Waals surface area contributed by atoms with Gasteiger partial charge in [-0.25, -0.2) is 0 Å². The normalized spacial score (nSPS) is 13.8. The highest BCUT2D eigenvalue weighted by Crippen LogP contribution is 2.20. The lowest BCUT2D eigenvalue weighted by Crippen LogP contribution is -2.44. The summed E-state index contributed by atoms with van der Waals surface area (Å²) < 4.78 is 0. The van der Waals surface area contributed by atoms with Gasteiger partial charge in [0.2, 0.25) is 11.7 Å². The predicted molar refractivity (Wildman–Crippen MR) is 122 cm³/mol. The molecule has 2 aromatic carbocycles. The van der Waals surface area contributed by atoms with Crippen LogP contribution >= 0.6 is 11.6 Å². The molecule has 1 saturated carbocycles. The van der Waals surface area contributed by atoms with E-state index in [9.17, 15) is 9.59 Å². The molecule has 0 saturated heterocycles. The number of aromatic nitrogens is 4. The first-order valence-corrected chi connectivity index (χ1v) is 11.1. The molecule has 9 heteroatoms. The van der Waals surface area contributed by atoms with Crippen LogP contribution in [0.5, 0.6) is 0 Å². The molecular weight excluding hydrogens is 428 g/mol. The monoisotopic (exact) mass is 452 g/mol. The molecule has 0 bridgehead atoms. The summed E-state index contributed by atoms with van der Waals surface area (Å²) in [6.45, 7) is 1.77. The first-order chi connectivity index (χ1) is 15.5. The third-order valence-corrected chi connectivity index (χ3v) is 5.75. The minimum Gasteiger partial charge on any atom is -0.352 e. The van der Waals surface area contributed by atoms with E-state index in [0.717, 1.165) is 36.8 Å². The van der Waals surface area contributed by atoms with E-state index in [1.165, 1.54) is 9.70 Å². The van der Waals surface area contributed by atoms with E-state index in [-0.39, 0.29) is 30.9 Å². The largest absolute Gasteiger partial charge is 0.352 e. The summed E-state index contributed by atoms with van der Waals surface area (Å²) in [5, 5.41) is 16.0. The number of hydrogen-bond acceptors (Lipinski definition) is 5. The van der Waals surface area contributed by atoms with Gasteiger partial charge in [0.05, 0.1) is 0 Å². The summed E-state index contributed by atoms with van der Waals surface area (Å²) in [5.41, 5.74) is 2.53. The van der Waals surface area contributed by atoms with Crippen LogP contribution in [0.25, 0.3) is 11.4 Å². The zero-order chi connectivity index (χ0) is 22.5. The molecule has 166 valence electrons. The van der Waals surface area contributed by atoms with Crippen molar-refractivity contribution in [3.05, 3.63) is 59.1 Å². The van der Waals surface area contributed by atoms with Crippen molar-refractivity contribution >= 4 is 29.1 Å². The van der Waals surface area contributed by atoms with Crippen molar-refractivity contribution in [3.63, 3.8) is 0 Å². The Morgan fingerprint density at radius 1 is 1.09 bits per heavy atom. The van der Waals surface area contributed by atoms with Crippen molar-refractivity contribution in [2.45, 2.75) is 45.2 Å². The van der Waals surface area contributed by atoms with E-state index in [4.69, 9.17) is 11.6 Å². The highest BCUT2D eigenvalue weighted by molar-refractivity contribution is 6.30. The number of carbonyl (C=O) groups is 2. The van der Waals surface area contributed by atoms with Gasteiger partial charge in [0.1, 0.15) is 13.1 Å². The van der Waals surface area contributed by atoms with Crippen molar-refractivity contribution in [1.82, 2.24) is 25.5 Å².